The number of carbonyl (C=O) groups is 1. The van der Waals surface area contributed by atoms with Gasteiger partial charge in [0.25, 0.3) is 5.91 Å². The first-order chi connectivity index (χ1) is 12.6. The van der Waals surface area contributed by atoms with E-state index in [4.69, 9.17) is 14.2 Å². The third-order valence-electron chi connectivity index (χ3n) is 4.06. The van der Waals surface area contributed by atoms with E-state index in [1.165, 1.54) is 21.3 Å². The summed E-state index contributed by atoms with van der Waals surface area (Å²) in [6, 6.07) is 14.0. The first-order valence-corrected chi connectivity index (χ1v) is 7.90. The molecule has 6 nitrogen and oxygen atoms in total. The number of phenols is 1. The maximum absolute atomic E-state index is 12.8. The lowest BCUT2D eigenvalue weighted by Gasteiger charge is -2.16. The molecular weight excluding hydrogens is 334 g/mol. The highest BCUT2D eigenvalue weighted by molar-refractivity contribution is 6.09. The van der Waals surface area contributed by atoms with Gasteiger partial charge in [-0.2, -0.15) is 0 Å². The van der Waals surface area contributed by atoms with E-state index in [0.29, 0.717) is 22.9 Å². The Kier molecular flexibility index (Phi) is 4.84. The summed E-state index contributed by atoms with van der Waals surface area (Å²) in [6.45, 7) is 0. The molecular formula is C20H19NO5. The normalized spacial score (nSPS) is 10.4. The molecule has 3 rings (SSSR count). The molecule has 0 saturated heterocycles. The van der Waals surface area contributed by atoms with Gasteiger partial charge >= 0.3 is 0 Å². The molecule has 2 N–H and O–H groups in total. The molecule has 3 aromatic rings. The number of rotatable bonds is 5. The number of aromatic hydroxyl groups is 1. The van der Waals surface area contributed by atoms with Crippen molar-refractivity contribution in [1.82, 2.24) is 0 Å². The summed E-state index contributed by atoms with van der Waals surface area (Å²) in [5.41, 5.74) is 0.511. The van der Waals surface area contributed by atoms with Crippen molar-refractivity contribution in [2.75, 3.05) is 26.6 Å². The summed E-state index contributed by atoms with van der Waals surface area (Å²) in [6.07, 6.45) is 0. The highest BCUT2D eigenvalue weighted by atomic mass is 16.5. The van der Waals surface area contributed by atoms with E-state index < -0.39 is 5.91 Å². The summed E-state index contributed by atoms with van der Waals surface area (Å²) < 4.78 is 15.9. The first kappa shape index (κ1) is 17.4. The van der Waals surface area contributed by atoms with Crippen LogP contribution in [0.2, 0.25) is 0 Å². The van der Waals surface area contributed by atoms with Gasteiger partial charge in [-0.05, 0) is 22.9 Å². The van der Waals surface area contributed by atoms with Gasteiger partial charge in [0, 0.05) is 12.1 Å². The maximum atomic E-state index is 12.8. The van der Waals surface area contributed by atoms with E-state index in [0.717, 1.165) is 10.8 Å². The van der Waals surface area contributed by atoms with Crippen LogP contribution in [-0.2, 0) is 0 Å². The van der Waals surface area contributed by atoms with Crippen molar-refractivity contribution in [3.8, 4) is 23.0 Å². The fourth-order valence-electron chi connectivity index (χ4n) is 2.72. The van der Waals surface area contributed by atoms with Crippen LogP contribution in [0.3, 0.4) is 0 Å². The Morgan fingerprint density at radius 2 is 1.46 bits per heavy atom. The molecule has 0 saturated carbocycles. The van der Waals surface area contributed by atoms with Crippen LogP contribution in [0.4, 0.5) is 5.69 Å². The average Bonchev–Trinajstić information content (AvgIpc) is 2.67. The maximum Gasteiger partial charge on any atom is 0.259 e. The average molecular weight is 353 g/mol. The van der Waals surface area contributed by atoms with Crippen molar-refractivity contribution >= 4 is 22.4 Å². The van der Waals surface area contributed by atoms with Crippen molar-refractivity contribution in [3.63, 3.8) is 0 Å². The van der Waals surface area contributed by atoms with Crippen LogP contribution in [0.1, 0.15) is 10.4 Å². The molecule has 0 fully saturated rings. The lowest BCUT2D eigenvalue weighted by Crippen LogP contribution is -2.14. The largest absolute Gasteiger partial charge is 0.507 e. The number of methoxy groups -OCH3 is 3. The summed E-state index contributed by atoms with van der Waals surface area (Å²) in [5, 5.41) is 14.7. The minimum absolute atomic E-state index is 0.104. The lowest BCUT2D eigenvalue weighted by atomic mass is 10.1. The van der Waals surface area contributed by atoms with Crippen LogP contribution >= 0.6 is 0 Å². The molecule has 0 unspecified atom stereocenters. The molecule has 134 valence electrons. The molecule has 0 aliphatic rings. The number of phenolic OH excluding ortho intramolecular Hbond substituents is 1. The van der Waals surface area contributed by atoms with Crippen LogP contribution in [0.5, 0.6) is 23.0 Å². The standard InChI is InChI=1S/C20H19NO5/c1-24-14-10-17(25-2)19(18(11-14)26-3)21-20(23)15-8-12-6-4-5-7-13(12)9-16(15)22/h4-11,22H,1-3H3,(H,21,23). The van der Waals surface area contributed by atoms with Gasteiger partial charge in [0.05, 0.1) is 26.9 Å². The minimum Gasteiger partial charge on any atom is -0.507 e. The van der Waals surface area contributed by atoms with Crippen LogP contribution in [0, 0.1) is 0 Å². The monoisotopic (exact) mass is 353 g/mol. The van der Waals surface area contributed by atoms with Crippen LogP contribution in [-0.4, -0.2) is 32.3 Å². The number of hydrogen-bond donors (Lipinski definition) is 2. The Bertz CT molecular complexity index is 943. The predicted molar refractivity (Wildman–Crippen MR) is 99.7 cm³/mol. The van der Waals surface area contributed by atoms with Crippen molar-refractivity contribution in [2.24, 2.45) is 0 Å². The molecule has 0 aromatic heterocycles. The van der Waals surface area contributed by atoms with Crippen LogP contribution in [0.15, 0.2) is 48.5 Å². The van der Waals surface area contributed by atoms with E-state index in [1.807, 2.05) is 24.3 Å². The Labute approximate surface area is 150 Å². The van der Waals surface area contributed by atoms with Gasteiger partial charge < -0.3 is 24.6 Å². The van der Waals surface area contributed by atoms with Gasteiger partial charge in [0.2, 0.25) is 0 Å². The number of anilines is 1. The number of nitrogens with one attached hydrogen (secondary N) is 1. The van der Waals surface area contributed by atoms with Gasteiger partial charge in [-0.3, -0.25) is 4.79 Å². The zero-order valence-electron chi connectivity index (χ0n) is 14.7. The molecule has 0 spiro atoms. The van der Waals surface area contributed by atoms with E-state index >= 15 is 0 Å². The van der Waals surface area contributed by atoms with E-state index in [9.17, 15) is 9.90 Å². The van der Waals surface area contributed by atoms with E-state index in [-0.39, 0.29) is 11.3 Å². The highest BCUT2D eigenvalue weighted by Crippen LogP contribution is 2.39. The second-order valence-electron chi connectivity index (χ2n) is 5.58. The van der Waals surface area contributed by atoms with Crippen molar-refractivity contribution in [1.29, 1.82) is 0 Å². The molecule has 3 aromatic carbocycles. The van der Waals surface area contributed by atoms with Gasteiger partial charge in [0.15, 0.2) is 0 Å². The smallest absolute Gasteiger partial charge is 0.259 e. The fourth-order valence-corrected chi connectivity index (χ4v) is 2.72. The number of amides is 1. The Morgan fingerprint density at radius 3 is 2.00 bits per heavy atom. The summed E-state index contributed by atoms with van der Waals surface area (Å²) in [5.74, 6) is 0.720. The zero-order chi connectivity index (χ0) is 18.7. The fraction of sp³-hybridized carbons (Fsp3) is 0.150. The molecule has 6 heteroatoms. The van der Waals surface area contributed by atoms with Crippen LogP contribution < -0.4 is 19.5 Å². The third-order valence-corrected chi connectivity index (χ3v) is 4.06. The number of hydrogen-bond acceptors (Lipinski definition) is 5. The second kappa shape index (κ2) is 7.23. The topological polar surface area (TPSA) is 77.0 Å². The molecule has 0 atom stereocenters. The highest BCUT2D eigenvalue weighted by Gasteiger charge is 2.19. The SMILES string of the molecule is COc1cc(OC)c(NC(=O)c2cc3ccccc3cc2O)c(OC)c1. The summed E-state index contributed by atoms with van der Waals surface area (Å²) >= 11 is 0. The number of fused-ring (bicyclic) bond motifs is 1. The first-order valence-electron chi connectivity index (χ1n) is 7.90. The van der Waals surface area contributed by atoms with Gasteiger partial charge in [-0.25, -0.2) is 0 Å². The quantitative estimate of drug-likeness (QED) is 0.729. The molecule has 0 aliphatic heterocycles. The number of ether oxygens (including phenoxy) is 3. The van der Waals surface area contributed by atoms with Crippen molar-refractivity contribution < 1.29 is 24.1 Å². The lowest BCUT2D eigenvalue weighted by molar-refractivity contribution is 0.102. The molecule has 0 heterocycles. The summed E-state index contributed by atoms with van der Waals surface area (Å²) in [4.78, 5) is 12.8. The Morgan fingerprint density at radius 1 is 0.885 bits per heavy atom. The molecule has 0 aliphatic carbocycles. The second-order valence-corrected chi connectivity index (χ2v) is 5.58. The van der Waals surface area contributed by atoms with Crippen LogP contribution in [0.25, 0.3) is 10.8 Å². The molecule has 0 radical (unpaired) electrons. The Balaban J connectivity index is 2.01. The van der Waals surface area contributed by atoms with Crippen molar-refractivity contribution in [2.45, 2.75) is 0 Å². The molecule has 0 bridgehead atoms. The zero-order valence-corrected chi connectivity index (χ0v) is 14.7. The van der Waals surface area contributed by atoms with E-state index in [1.54, 1.807) is 24.3 Å². The Hall–Kier alpha value is -3.41. The molecule has 1 amide bonds. The third kappa shape index (κ3) is 3.21. The van der Waals surface area contributed by atoms with Crippen molar-refractivity contribution in [3.05, 3.63) is 54.1 Å². The summed E-state index contributed by atoms with van der Waals surface area (Å²) in [7, 11) is 4.49. The number of carbonyl (C=O) groups excluding carboxylic acids is 1. The predicted octanol–water partition coefficient (Wildman–Crippen LogP) is 3.82. The van der Waals surface area contributed by atoms with E-state index in [2.05, 4.69) is 5.32 Å². The number of benzene rings is 3. The van der Waals surface area contributed by atoms with Gasteiger partial charge in [-0.1, -0.05) is 24.3 Å². The van der Waals surface area contributed by atoms with Gasteiger partial charge in [0.1, 0.15) is 28.7 Å². The van der Waals surface area contributed by atoms with Gasteiger partial charge in [-0.15, -0.1) is 0 Å². The minimum atomic E-state index is -0.477. The molecule has 26 heavy (non-hydrogen) atoms.